The zero-order valence-electron chi connectivity index (χ0n) is 34.9. The SMILES string of the molecule is CC/C=C\C/C=C\C/C=C\C/C=C\C/C=C\CCC(=O)OCC(COC(=O)C/C=C\C/C=C\C/C=C\CC)OC(=O)CCCCCCC/C=C\CCCCC. The zero-order chi connectivity index (χ0) is 40.1. The summed E-state index contributed by atoms with van der Waals surface area (Å²) in [5.41, 5.74) is 0. The molecule has 0 heterocycles. The molecule has 0 spiro atoms. The number of carbonyl (C=O) groups is 3. The van der Waals surface area contributed by atoms with E-state index in [0.717, 1.165) is 89.9 Å². The van der Waals surface area contributed by atoms with E-state index < -0.39 is 12.1 Å². The predicted octanol–water partition coefficient (Wildman–Crippen LogP) is 13.6. The van der Waals surface area contributed by atoms with Gasteiger partial charge in [-0.25, -0.2) is 0 Å². The van der Waals surface area contributed by atoms with E-state index in [1.54, 1.807) is 6.08 Å². The van der Waals surface area contributed by atoms with Gasteiger partial charge in [-0.1, -0.05) is 162 Å². The van der Waals surface area contributed by atoms with Gasteiger partial charge in [0, 0.05) is 12.8 Å². The second kappa shape index (κ2) is 42.8. The van der Waals surface area contributed by atoms with Gasteiger partial charge in [0.25, 0.3) is 0 Å². The van der Waals surface area contributed by atoms with Crippen LogP contribution in [0.2, 0.25) is 0 Å². The van der Waals surface area contributed by atoms with Gasteiger partial charge in [0.2, 0.25) is 0 Å². The van der Waals surface area contributed by atoms with Crippen LogP contribution >= 0.6 is 0 Å². The molecule has 55 heavy (non-hydrogen) atoms. The Morgan fingerprint density at radius 3 is 1.35 bits per heavy atom. The minimum atomic E-state index is -0.846. The number of allylic oxidation sites excluding steroid dienone is 17. The number of hydrogen-bond acceptors (Lipinski definition) is 6. The van der Waals surface area contributed by atoms with Gasteiger partial charge in [0.1, 0.15) is 13.2 Å². The summed E-state index contributed by atoms with van der Waals surface area (Å²) in [5, 5.41) is 0. The van der Waals surface area contributed by atoms with Gasteiger partial charge in [-0.05, 0) is 89.9 Å². The third kappa shape index (κ3) is 41.1. The van der Waals surface area contributed by atoms with Crippen molar-refractivity contribution in [2.45, 2.75) is 168 Å². The third-order valence-corrected chi connectivity index (χ3v) is 8.29. The van der Waals surface area contributed by atoms with E-state index in [1.807, 2.05) is 18.2 Å². The minimum absolute atomic E-state index is 0.117. The highest BCUT2D eigenvalue weighted by molar-refractivity contribution is 5.72. The quantitative estimate of drug-likeness (QED) is 0.0274. The van der Waals surface area contributed by atoms with Crippen molar-refractivity contribution in [1.82, 2.24) is 0 Å². The first kappa shape index (κ1) is 51.1. The van der Waals surface area contributed by atoms with Crippen molar-refractivity contribution in [3.05, 3.63) is 109 Å². The molecule has 0 bridgehead atoms. The van der Waals surface area contributed by atoms with Crippen LogP contribution in [-0.4, -0.2) is 37.2 Å². The first-order chi connectivity index (χ1) is 27.0. The second-order valence-electron chi connectivity index (χ2n) is 13.5. The van der Waals surface area contributed by atoms with Crippen molar-refractivity contribution in [3.8, 4) is 0 Å². The molecule has 0 saturated carbocycles. The Balaban J connectivity index is 4.59. The van der Waals surface area contributed by atoms with Gasteiger partial charge in [-0.2, -0.15) is 0 Å². The molecule has 6 nitrogen and oxygen atoms in total. The smallest absolute Gasteiger partial charge is 0.309 e. The molecule has 1 unspecified atom stereocenters. The number of ether oxygens (including phenoxy) is 3. The molecule has 0 aliphatic carbocycles. The summed E-state index contributed by atoms with van der Waals surface area (Å²) >= 11 is 0. The second-order valence-corrected chi connectivity index (χ2v) is 13.5. The van der Waals surface area contributed by atoms with Gasteiger partial charge >= 0.3 is 17.9 Å². The third-order valence-electron chi connectivity index (χ3n) is 8.29. The summed E-state index contributed by atoms with van der Waals surface area (Å²) < 4.78 is 16.5. The molecule has 0 radical (unpaired) electrons. The molecule has 0 N–H and O–H groups in total. The lowest BCUT2D eigenvalue weighted by Crippen LogP contribution is -2.30. The van der Waals surface area contributed by atoms with Crippen LogP contribution in [0.25, 0.3) is 0 Å². The maximum Gasteiger partial charge on any atom is 0.309 e. The fourth-order valence-electron chi connectivity index (χ4n) is 5.13. The first-order valence-corrected chi connectivity index (χ1v) is 21.4. The Morgan fingerprint density at radius 1 is 0.400 bits per heavy atom. The van der Waals surface area contributed by atoms with Crippen molar-refractivity contribution in [3.63, 3.8) is 0 Å². The highest BCUT2D eigenvalue weighted by Crippen LogP contribution is 2.11. The number of unbranched alkanes of at least 4 members (excludes halogenated alkanes) is 8. The Morgan fingerprint density at radius 2 is 0.818 bits per heavy atom. The molecule has 0 aromatic carbocycles. The lowest BCUT2D eigenvalue weighted by Gasteiger charge is -2.18. The molecule has 1 atom stereocenters. The lowest BCUT2D eigenvalue weighted by atomic mass is 10.1. The van der Waals surface area contributed by atoms with Crippen molar-refractivity contribution in [2.75, 3.05) is 13.2 Å². The number of rotatable bonds is 36. The molecule has 0 aliphatic heterocycles. The van der Waals surface area contributed by atoms with Crippen LogP contribution in [0, 0.1) is 0 Å². The topological polar surface area (TPSA) is 78.9 Å². The molecule has 308 valence electrons. The van der Waals surface area contributed by atoms with E-state index in [2.05, 4.69) is 106 Å². The van der Waals surface area contributed by atoms with E-state index in [4.69, 9.17) is 14.2 Å². The number of esters is 3. The summed E-state index contributed by atoms with van der Waals surface area (Å²) in [6.07, 6.45) is 56.9. The van der Waals surface area contributed by atoms with Crippen LogP contribution in [0.4, 0.5) is 0 Å². The summed E-state index contributed by atoms with van der Waals surface area (Å²) in [5.74, 6) is -1.18. The Kier molecular flexibility index (Phi) is 39.7. The summed E-state index contributed by atoms with van der Waals surface area (Å²) in [4.78, 5) is 37.5. The minimum Gasteiger partial charge on any atom is -0.462 e. The normalized spacial score (nSPS) is 13.1. The van der Waals surface area contributed by atoms with E-state index in [0.29, 0.717) is 6.42 Å². The van der Waals surface area contributed by atoms with Gasteiger partial charge < -0.3 is 14.2 Å². The summed E-state index contributed by atoms with van der Waals surface area (Å²) in [7, 11) is 0. The van der Waals surface area contributed by atoms with Crippen LogP contribution in [-0.2, 0) is 28.6 Å². The molecule has 0 fully saturated rings. The largest absolute Gasteiger partial charge is 0.462 e. The van der Waals surface area contributed by atoms with Gasteiger partial charge in [0.15, 0.2) is 6.10 Å². The van der Waals surface area contributed by atoms with Crippen molar-refractivity contribution < 1.29 is 28.6 Å². The monoisotopic (exact) mass is 761 g/mol. The predicted molar refractivity (Wildman–Crippen MR) is 233 cm³/mol. The number of carbonyl (C=O) groups excluding carboxylic acids is 3. The van der Waals surface area contributed by atoms with E-state index in [-0.39, 0.29) is 44.4 Å². The maximum atomic E-state index is 12.7. The first-order valence-electron chi connectivity index (χ1n) is 21.4. The zero-order valence-corrected chi connectivity index (χ0v) is 34.9. The van der Waals surface area contributed by atoms with Crippen LogP contribution in [0.1, 0.15) is 162 Å². The van der Waals surface area contributed by atoms with Crippen LogP contribution < -0.4 is 0 Å². The van der Waals surface area contributed by atoms with Crippen LogP contribution in [0.15, 0.2) is 109 Å². The van der Waals surface area contributed by atoms with Gasteiger partial charge in [0.05, 0.1) is 6.42 Å². The molecule has 6 heteroatoms. The van der Waals surface area contributed by atoms with Crippen molar-refractivity contribution >= 4 is 17.9 Å². The Labute approximate surface area is 336 Å². The highest BCUT2D eigenvalue weighted by Gasteiger charge is 2.19. The van der Waals surface area contributed by atoms with E-state index in [1.165, 1.54) is 25.7 Å². The molecule has 0 rings (SSSR count). The summed E-state index contributed by atoms with van der Waals surface area (Å²) in [6, 6.07) is 0. The molecular weight excluding hydrogens is 685 g/mol. The van der Waals surface area contributed by atoms with Crippen molar-refractivity contribution in [2.24, 2.45) is 0 Å². The maximum absolute atomic E-state index is 12.7. The average Bonchev–Trinajstić information content (AvgIpc) is 3.18. The average molecular weight is 761 g/mol. The highest BCUT2D eigenvalue weighted by atomic mass is 16.6. The van der Waals surface area contributed by atoms with Crippen molar-refractivity contribution in [1.29, 1.82) is 0 Å². The van der Waals surface area contributed by atoms with Crippen LogP contribution in [0.3, 0.4) is 0 Å². The lowest BCUT2D eigenvalue weighted by molar-refractivity contribution is -0.166. The fourth-order valence-corrected chi connectivity index (χ4v) is 5.13. The molecule has 0 aromatic rings. The van der Waals surface area contributed by atoms with E-state index in [9.17, 15) is 14.4 Å². The molecule has 0 aliphatic rings. The summed E-state index contributed by atoms with van der Waals surface area (Å²) in [6.45, 7) is 6.16. The van der Waals surface area contributed by atoms with E-state index >= 15 is 0 Å². The molecule has 0 saturated heterocycles. The molecule has 0 amide bonds. The van der Waals surface area contributed by atoms with Gasteiger partial charge in [-0.3, -0.25) is 14.4 Å². The molecule has 0 aromatic heterocycles. The standard InChI is InChI=1S/C49H76O6/c1-4-7-10-13-16-19-21-23-24-25-26-28-30-33-36-39-42-48(51)54-45-46(44-53-47(50)41-38-35-32-29-18-15-12-9-6-3)55-49(52)43-40-37-34-31-27-22-20-17-14-11-8-5-2/h7,9-10,12,16-20,23-24,26,28-29,33,35-36,38,46H,4-6,8,11,13-15,21-22,25,27,30-32,34,37,39-45H2,1-3H3/b10-7-,12-9-,19-16-,20-17-,24-23-,28-26-,29-18-,36-33-,38-35-. The number of hydrogen-bond donors (Lipinski definition) is 0. The van der Waals surface area contributed by atoms with Gasteiger partial charge in [-0.15, -0.1) is 0 Å². The Bertz CT molecular complexity index is 1200. The Hall–Kier alpha value is -3.93. The fraction of sp³-hybridized carbons (Fsp3) is 0.571. The van der Waals surface area contributed by atoms with Crippen LogP contribution in [0.5, 0.6) is 0 Å². The molecular formula is C49H76O6.